The van der Waals surface area contributed by atoms with Gasteiger partial charge in [0.05, 0.1) is 24.5 Å². The zero-order chi connectivity index (χ0) is 19.0. The minimum atomic E-state index is -4.02. The van der Waals surface area contributed by atoms with Gasteiger partial charge in [-0.15, -0.1) is 0 Å². The predicted molar refractivity (Wildman–Crippen MR) is 92.4 cm³/mol. The number of benzene rings is 2. The van der Waals surface area contributed by atoms with Crippen LogP contribution in [-0.2, 0) is 15.4 Å². The summed E-state index contributed by atoms with van der Waals surface area (Å²) in [5, 5.41) is 0. The van der Waals surface area contributed by atoms with Gasteiger partial charge in [0, 0.05) is 31.2 Å². The van der Waals surface area contributed by atoms with Crippen molar-refractivity contribution in [2.24, 2.45) is 0 Å². The number of alkyl halides is 2. The Bertz CT molecular complexity index is 880. The van der Waals surface area contributed by atoms with Gasteiger partial charge in [-0.3, -0.25) is 0 Å². The zero-order valence-electron chi connectivity index (χ0n) is 14.3. The molecule has 0 saturated heterocycles. The van der Waals surface area contributed by atoms with Crippen LogP contribution in [0.15, 0.2) is 53.4 Å². The Labute approximate surface area is 151 Å². The maximum atomic E-state index is 14.1. The summed E-state index contributed by atoms with van der Waals surface area (Å²) in [5.74, 6) is -2.37. The summed E-state index contributed by atoms with van der Waals surface area (Å²) in [6.45, 7) is -0.397. The normalized spacial score (nSPS) is 21.2. The first-order valence-corrected chi connectivity index (χ1v) is 9.38. The van der Waals surface area contributed by atoms with Crippen molar-refractivity contribution in [3.05, 3.63) is 54.1 Å². The summed E-state index contributed by atoms with van der Waals surface area (Å²) >= 11 is 0. The molecule has 0 heterocycles. The first-order chi connectivity index (χ1) is 12.2. The summed E-state index contributed by atoms with van der Waals surface area (Å²) < 4.78 is 65.8. The average molecular weight is 383 g/mol. The van der Waals surface area contributed by atoms with E-state index in [-0.39, 0.29) is 4.90 Å². The molecule has 2 aromatic rings. The van der Waals surface area contributed by atoms with Crippen LogP contribution < -0.4 is 14.2 Å². The van der Waals surface area contributed by atoms with E-state index in [0.29, 0.717) is 17.1 Å². The van der Waals surface area contributed by atoms with Crippen molar-refractivity contribution in [3.8, 4) is 11.5 Å². The standard InChI is InChI=1S/C18H19F2NO4S/c1-24-14-8-15(25-2)10-16(9-14)26(22,23)21-12-17(11-18(17,19)20)13-6-4-3-5-7-13/h3-10,21H,11-12H2,1-2H3. The highest BCUT2D eigenvalue weighted by Gasteiger charge is 2.71. The molecule has 1 N–H and O–H groups in total. The average Bonchev–Trinajstić information content (AvgIpc) is 3.22. The molecule has 0 amide bonds. The lowest BCUT2D eigenvalue weighted by Crippen LogP contribution is -2.35. The maximum absolute atomic E-state index is 14.1. The van der Waals surface area contributed by atoms with E-state index in [1.165, 1.54) is 32.4 Å². The molecule has 1 atom stereocenters. The van der Waals surface area contributed by atoms with Crippen LogP contribution in [0.3, 0.4) is 0 Å². The van der Waals surface area contributed by atoms with E-state index in [2.05, 4.69) is 4.72 Å². The molecule has 2 aromatic carbocycles. The molecule has 140 valence electrons. The molecule has 0 aliphatic heterocycles. The van der Waals surface area contributed by atoms with Crippen LogP contribution in [0, 0.1) is 0 Å². The summed E-state index contributed by atoms with van der Waals surface area (Å²) in [6, 6.07) is 12.4. The molecule has 0 spiro atoms. The number of methoxy groups -OCH3 is 2. The first kappa shape index (κ1) is 18.6. The Hall–Kier alpha value is -2.19. The fraction of sp³-hybridized carbons (Fsp3) is 0.333. The molecule has 26 heavy (non-hydrogen) atoms. The lowest BCUT2D eigenvalue weighted by Gasteiger charge is -2.18. The van der Waals surface area contributed by atoms with E-state index >= 15 is 0 Å². The van der Waals surface area contributed by atoms with Gasteiger partial charge in [0.25, 0.3) is 5.92 Å². The molecule has 0 radical (unpaired) electrons. The van der Waals surface area contributed by atoms with Crippen molar-refractivity contribution in [3.63, 3.8) is 0 Å². The van der Waals surface area contributed by atoms with E-state index in [4.69, 9.17) is 9.47 Å². The van der Waals surface area contributed by atoms with Crippen molar-refractivity contribution in [1.29, 1.82) is 0 Å². The smallest absolute Gasteiger partial charge is 0.260 e. The van der Waals surface area contributed by atoms with Gasteiger partial charge in [0.2, 0.25) is 10.0 Å². The SMILES string of the molecule is COc1cc(OC)cc(S(=O)(=O)NCC2(c3ccccc3)CC2(F)F)c1. The van der Waals surface area contributed by atoms with E-state index in [1.807, 2.05) is 0 Å². The molecule has 1 aliphatic rings. The predicted octanol–water partition coefficient (Wildman–Crippen LogP) is 2.96. The third-order valence-corrected chi connectivity index (χ3v) is 6.01. The monoisotopic (exact) mass is 383 g/mol. The molecule has 5 nitrogen and oxygen atoms in total. The van der Waals surface area contributed by atoms with Gasteiger partial charge < -0.3 is 9.47 Å². The lowest BCUT2D eigenvalue weighted by molar-refractivity contribution is 0.0887. The highest BCUT2D eigenvalue weighted by molar-refractivity contribution is 7.89. The zero-order valence-corrected chi connectivity index (χ0v) is 15.1. The van der Waals surface area contributed by atoms with Crippen LogP contribution in [0.25, 0.3) is 0 Å². The van der Waals surface area contributed by atoms with Crippen molar-refractivity contribution in [1.82, 2.24) is 4.72 Å². The van der Waals surface area contributed by atoms with E-state index in [1.54, 1.807) is 30.3 Å². The summed E-state index contributed by atoms with van der Waals surface area (Å²) in [5.41, 5.74) is -1.11. The van der Waals surface area contributed by atoms with Crippen molar-refractivity contribution < 1.29 is 26.7 Å². The molecule has 0 bridgehead atoms. The van der Waals surface area contributed by atoms with Crippen LogP contribution >= 0.6 is 0 Å². The van der Waals surface area contributed by atoms with Crippen molar-refractivity contribution in [2.45, 2.75) is 22.7 Å². The van der Waals surface area contributed by atoms with Crippen LogP contribution in [-0.4, -0.2) is 35.1 Å². The topological polar surface area (TPSA) is 64.6 Å². The number of rotatable bonds is 7. The van der Waals surface area contributed by atoms with Gasteiger partial charge in [-0.05, 0) is 5.56 Å². The summed E-state index contributed by atoms with van der Waals surface area (Å²) in [7, 11) is -1.23. The Balaban J connectivity index is 1.87. The number of sulfonamides is 1. The fourth-order valence-corrected chi connectivity index (χ4v) is 4.08. The molecule has 1 unspecified atom stereocenters. The van der Waals surface area contributed by atoms with Crippen molar-refractivity contribution >= 4 is 10.0 Å². The number of ether oxygens (including phenoxy) is 2. The second kappa shape index (κ2) is 6.51. The van der Waals surface area contributed by atoms with Crippen LogP contribution in [0.5, 0.6) is 11.5 Å². The summed E-state index contributed by atoms with van der Waals surface area (Å²) in [6.07, 6.45) is -0.395. The molecule has 8 heteroatoms. The molecule has 1 fully saturated rings. The minimum absolute atomic E-state index is 0.110. The minimum Gasteiger partial charge on any atom is -0.497 e. The Morgan fingerprint density at radius 2 is 1.58 bits per heavy atom. The van der Waals surface area contributed by atoms with Gasteiger partial charge in [-0.2, -0.15) is 0 Å². The number of halogens is 2. The van der Waals surface area contributed by atoms with E-state index < -0.39 is 34.3 Å². The first-order valence-electron chi connectivity index (χ1n) is 7.90. The Morgan fingerprint density at radius 3 is 2.04 bits per heavy atom. The van der Waals surface area contributed by atoms with Gasteiger partial charge in [-0.25, -0.2) is 21.9 Å². The van der Waals surface area contributed by atoms with Gasteiger partial charge in [-0.1, -0.05) is 30.3 Å². The molecule has 1 aliphatic carbocycles. The van der Waals surface area contributed by atoms with Crippen LogP contribution in [0.2, 0.25) is 0 Å². The highest BCUT2D eigenvalue weighted by Crippen LogP contribution is 2.61. The van der Waals surface area contributed by atoms with E-state index in [9.17, 15) is 17.2 Å². The van der Waals surface area contributed by atoms with Gasteiger partial charge in [0.15, 0.2) is 0 Å². The largest absolute Gasteiger partial charge is 0.497 e. The Morgan fingerprint density at radius 1 is 1.04 bits per heavy atom. The van der Waals surface area contributed by atoms with Crippen LogP contribution in [0.4, 0.5) is 8.78 Å². The molecule has 0 aromatic heterocycles. The molecular formula is C18H19F2NO4S. The third kappa shape index (κ3) is 3.26. The third-order valence-electron chi connectivity index (χ3n) is 4.62. The second-order valence-corrected chi connectivity index (χ2v) is 7.97. The fourth-order valence-electron chi connectivity index (χ4n) is 2.94. The maximum Gasteiger partial charge on any atom is 0.260 e. The summed E-state index contributed by atoms with van der Waals surface area (Å²) in [4.78, 5) is -0.110. The molecule has 1 saturated carbocycles. The number of hydrogen-bond donors (Lipinski definition) is 1. The molecule has 3 rings (SSSR count). The number of hydrogen-bond acceptors (Lipinski definition) is 4. The lowest BCUT2D eigenvalue weighted by atomic mass is 9.95. The van der Waals surface area contributed by atoms with Crippen LogP contribution in [0.1, 0.15) is 12.0 Å². The quantitative estimate of drug-likeness (QED) is 0.798. The van der Waals surface area contributed by atoms with Crippen molar-refractivity contribution in [2.75, 3.05) is 20.8 Å². The van der Waals surface area contributed by atoms with Gasteiger partial charge >= 0.3 is 0 Å². The van der Waals surface area contributed by atoms with Gasteiger partial charge in [0.1, 0.15) is 11.5 Å². The Kier molecular flexibility index (Phi) is 4.66. The molecular weight excluding hydrogens is 364 g/mol. The van der Waals surface area contributed by atoms with E-state index in [0.717, 1.165) is 0 Å². The highest BCUT2D eigenvalue weighted by atomic mass is 32.2. The number of nitrogens with one attached hydrogen (secondary N) is 1. The second-order valence-electron chi connectivity index (χ2n) is 6.20.